The van der Waals surface area contributed by atoms with Gasteiger partial charge in [-0.1, -0.05) is 12.1 Å². The number of hydrogen-bond acceptors (Lipinski definition) is 5. The van der Waals surface area contributed by atoms with Crippen molar-refractivity contribution >= 4 is 23.3 Å². The number of benzene rings is 1. The number of hydrogen-bond donors (Lipinski definition) is 0. The van der Waals surface area contributed by atoms with Gasteiger partial charge in [-0.25, -0.2) is 4.79 Å². The molecule has 1 amide bonds. The van der Waals surface area contributed by atoms with E-state index in [0.29, 0.717) is 36.4 Å². The molecule has 7 heteroatoms. The van der Waals surface area contributed by atoms with Crippen LogP contribution in [0.4, 0.5) is 5.69 Å². The number of rotatable bonds is 8. The van der Waals surface area contributed by atoms with E-state index in [9.17, 15) is 14.4 Å². The molecule has 2 aromatic rings. The standard InChI is InChI=1S/C23H28N2O5/c1-15-12-19(17(3)25(15)16(2)13-29-4)21(26)14-30-23(28)18-8-5-6-9-20(18)24-11-7-10-22(24)27/h5-6,8-9,12,16H,7,10-11,13-14H2,1-4H3/t16-/m1/s1. The van der Waals surface area contributed by atoms with Crippen LogP contribution in [0.1, 0.15) is 57.9 Å². The van der Waals surface area contributed by atoms with Gasteiger partial charge in [0.2, 0.25) is 11.7 Å². The molecule has 7 nitrogen and oxygen atoms in total. The van der Waals surface area contributed by atoms with Gasteiger partial charge in [0.05, 0.1) is 23.9 Å². The maximum atomic E-state index is 12.8. The Morgan fingerprint density at radius 1 is 1.17 bits per heavy atom. The Morgan fingerprint density at radius 2 is 1.90 bits per heavy atom. The first kappa shape index (κ1) is 21.8. The summed E-state index contributed by atoms with van der Waals surface area (Å²) in [4.78, 5) is 39.1. The molecule has 0 saturated carbocycles. The van der Waals surface area contributed by atoms with Crippen LogP contribution in [0.25, 0.3) is 0 Å². The first-order chi connectivity index (χ1) is 14.3. The lowest BCUT2D eigenvalue weighted by atomic mass is 10.1. The van der Waals surface area contributed by atoms with Crippen molar-refractivity contribution in [2.45, 2.75) is 39.7 Å². The largest absolute Gasteiger partial charge is 0.454 e. The van der Waals surface area contributed by atoms with Gasteiger partial charge in [-0.3, -0.25) is 9.59 Å². The number of nitrogens with zero attached hydrogens (tertiary/aromatic N) is 2. The Balaban J connectivity index is 1.73. The quantitative estimate of drug-likeness (QED) is 0.490. The highest BCUT2D eigenvalue weighted by atomic mass is 16.5. The number of ketones is 1. The Bertz CT molecular complexity index is 962. The average Bonchev–Trinajstić information content (AvgIpc) is 3.28. The molecule has 1 fully saturated rings. The molecule has 1 saturated heterocycles. The molecule has 0 aliphatic carbocycles. The number of anilines is 1. The van der Waals surface area contributed by atoms with Gasteiger partial charge in [-0.05, 0) is 45.4 Å². The smallest absolute Gasteiger partial charge is 0.340 e. The second-order valence-electron chi connectivity index (χ2n) is 7.62. The second kappa shape index (κ2) is 9.26. The summed E-state index contributed by atoms with van der Waals surface area (Å²) >= 11 is 0. The molecule has 30 heavy (non-hydrogen) atoms. The lowest BCUT2D eigenvalue weighted by molar-refractivity contribution is -0.117. The fourth-order valence-corrected chi connectivity index (χ4v) is 4.12. The van der Waals surface area contributed by atoms with Crippen LogP contribution in [-0.2, 0) is 14.3 Å². The zero-order chi connectivity index (χ0) is 21.8. The minimum Gasteiger partial charge on any atom is -0.454 e. The summed E-state index contributed by atoms with van der Waals surface area (Å²) in [6.07, 6.45) is 1.23. The third-order valence-electron chi connectivity index (χ3n) is 5.46. The fourth-order valence-electron chi connectivity index (χ4n) is 4.12. The number of carbonyl (C=O) groups excluding carboxylic acids is 3. The van der Waals surface area contributed by atoms with Crippen molar-refractivity contribution in [1.82, 2.24) is 4.57 Å². The molecule has 0 unspecified atom stereocenters. The maximum absolute atomic E-state index is 12.8. The number of aryl methyl sites for hydroxylation is 1. The highest BCUT2D eigenvalue weighted by molar-refractivity contribution is 6.05. The van der Waals surface area contributed by atoms with E-state index in [2.05, 4.69) is 0 Å². The average molecular weight is 412 g/mol. The van der Waals surface area contributed by atoms with Gasteiger partial charge < -0.3 is 18.9 Å². The molecule has 1 aromatic carbocycles. The van der Waals surface area contributed by atoms with Crippen LogP contribution in [0.15, 0.2) is 30.3 Å². The van der Waals surface area contributed by atoms with Crippen LogP contribution in [0, 0.1) is 13.8 Å². The Hall–Kier alpha value is -2.93. The Morgan fingerprint density at radius 3 is 2.57 bits per heavy atom. The molecule has 1 aromatic heterocycles. The van der Waals surface area contributed by atoms with E-state index >= 15 is 0 Å². The zero-order valence-corrected chi connectivity index (χ0v) is 17.9. The first-order valence-electron chi connectivity index (χ1n) is 10.1. The number of para-hydroxylation sites is 1. The Labute approximate surface area is 176 Å². The van der Waals surface area contributed by atoms with E-state index in [-0.39, 0.29) is 24.3 Å². The molecule has 1 aliphatic rings. The van der Waals surface area contributed by atoms with Crippen LogP contribution < -0.4 is 4.90 Å². The van der Waals surface area contributed by atoms with Crippen molar-refractivity contribution in [2.75, 3.05) is 31.8 Å². The predicted octanol–water partition coefficient (Wildman–Crippen LogP) is 3.48. The summed E-state index contributed by atoms with van der Waals surface area (Å²) in [5.41, 5.74) is 3.13. The number of carbonyl (C=O) groups is 3. The highest BCUT2D eigenvalue weighted by Gasteiger charge is 2.27. The Kier molecular flexibility index (Phi) is 6.72. The molecule has 3 rings (SSSR count). The van der Waals surface area contributed by atoms with Crippen molar-refractivity contribution in [3.05, 3.63) is 52.8 Å². The normalized spacial score (nSPS) is 14.8. The summed E-state index contributed by atoms with van der Waals surface area (Å²) in [5, 5.41) is 0. The minimum absolute atomic E-state index is 0.0102. The van der Waals surface area contributed by atoms with Gasteiger partial charge >= 0.3 is 5.97 Å². The molecule has 0 radical (unpaired) electrons. The van der Waals surface area contributed by atoms with Gasteiger partial charge in [-0.2, -0.15) is 0 Å². The van der Waals surface area contributed by atoms with Gasteiger partial charge in [0.1, 0.15) is 0 Å². The van der Waals surface area contributed by atoms with Gasteiger partial charge in [0.15, 0.2) is 6.61 Å². The predicted molar refractivity (Wildman–Crippen MR) is 113 cm³/mol. The molecule has 0 bridgehead atoms. The number of Topliss-reactive ketones (excluding diaryl/α,β-unsaturated/α-hetero) is 1. The summed E-state index contributed by atoms with van der Waals surface area (Å²) < 4.78 is 12.6. The summed E-state index contributed by atoms with van der Waals surface area (Å²) in [7, 11) is 1.64. The number of methoxy groups -OCH3 is 1. The van der Waals surface area contributed by atoms with Crippen LogP contribution >= 0.6 is 0 Å². The van der Waals surface area contributed by atoms with Crippen molar-refractivity contribution in [2.24, 2.45) is 0 Å². The summed E-state index contributed by atoms with van der Waals surface area (Å²) in [5.74, 6) is -0.883. The topological polar surface area (TPSA) is 77.8 Å². The molecule has 0 spiro atoms. The monoisotopic (exact) mass is 412 g/mol. The lowest BCUT2D eigenvalue weighted by Crippen LogP contribution is -2.26. The van der Waals surface area contributed by atoms with E-state index in [4.69, 9.17) is 9.47 Å². The molecule has 1 aliphatic heterocycles. The van der Waals surface area contributed by atoms with E-state index in [1.165, 1.54) is 0 Å². The zero-order valence-electron chi connectivity index (χ0n) is 17.9. The van der Waals surface area contributed by atoms with E-state index in [0.717, 1.165) is 17.8 Å². The third kappa shape index (κ3) is 4.31. The van der Waals surface area contributed by atoms with E-state index in [1.54, 1.807) is 36.3 Å². The number of aromatic nitrogens is 1. The molecular weight excluding hydrogens is 384 g/mol. The van der Waals surface area contributed by atoms with Crippen molar-refractivity contribution in [3.63, 3.8) is 0 Å². The second-order valence-corrected chi connectivity index (χ2v) is 7.62. The number of esters is 1. The molecule has 160 valence electrons. The molecule has 1 atom stereocenters. The van der Waals surface area contributed by atoms with E-state index < -0.39 is 5.97 Å². The van der Waals surface area contributed by atoms with E-state index in [1.807, 2.05) is 31.4 Å². The third-order valence-corrected chi connectivity index (χ3v) is 5.46. The van der Waals surface area contributed by atoms with Crippen molar-refractivity contribution in [1.29, 1.82) is 0 Å². The van der Waals surface area contributed by atoms with Crippen LogP contribution in [0.2, 0.25) is 0 Å². The van der Waals surface area contributed by atoms with Crippen LogP contribution in [-0.4, -0.2) is 49.1 Å². The van der Waals surface area contributed by atoms with Crippen LogP contribution in [0.3, 0.4) is 0 Å². The molecule has 2 heterocycles. The first-order valence-corrected chi connectivity index (χ1v) is 10.1. The maximum Gasteiger partial charge on any atom is 0.340 e. The molecule has 0 N–H and O–H groups in total. The number of ether oxygens (including phenoxy) is 2. The van der Waals surface area contributed by atoms with Crippen molar-refractivity contribution in [3.8, 4) is 0 Å². The van der Waals surface area contributed by atoms with Gasteiger partial charge in [0, 0.05) is 37.0 Å². The summed E-state index contributed by atoms with van der Waals surface area (Å²) in [6.45, 7) is 6.59. The van der Waals surface area contributed by atoms with Gasteiger partial charge in [-0.15, -0.1) is 0 Å². The summed E-state index contributed by atoms with van der Waals surface area (Å²) in [6, 6.07) is 8.74. The lowest BCUT2D eigenvalue weighted by Gasteiger charge is -2.19. The number of amides is 1. The molecular formula is C23H28N2O5. The highest BCUT2D eigenvalue weighted by Crippen LogP contribution is 2.26. The van der Waals surface area contributed by atoms with Crippen molar-refractivity contribution < 1.29 is 23.9 Å². The van der Waals surface area contributed by atoms with Gasteiger partial charge in [0.25, 0.3) is 0 Å². The minimum atomic E-state index is -0.611. The van der Waals surface area contributed by atoms with Crippen LogP contribution in [0.5, 0.6) is 0 Å². The SMILES string of the molecule is COC[C@@H](C)n1c(C)cc(C(=O)COC(=O)c2ccccc2N2CCCC2=O)c1C. The fraction of sp³-hybridized carbons (Fsp3) is 0.435.